The number of benzene rings is 1. The van der Waals surface area contributed by atoms with Crippen LogP contribution in [0.15, 0.2) is 30.3 Å². The third-order valence-corrected chi connectivity index (χ3v) is 3.91. The maximum atomic E-state index is 4.30. The summed E-state index contributed by atoms with van der Waals surface area (Å²) in [5.74, 6) is 0. The van der Waals surface area contributed by atoms with Crippen LogP contribution in [0.1, 0.15) is 56.0 Å². The molecule has 0 saturated carbocycles. The van der Waals surface area contributed by atoms with Crippen LogP contribution >= 0.6 is 0 Å². The van der Waals surface area contributed by atoms with E-state index >= 15 is 0 Å². The Kier molecular flexibility index (Phi) is 7.67. The number of nitrogens with one attached hydrogen (secondary N) is 2. The summed E-state index contributed by atoms with van der Waals surface area (Å²) in [6, 6.07) is 10.4. The third kappa shape index (κ3) is 5.98. The average molecular weight is 300 g/mol. The zero-order valence-corrected chi connectivity index (χ0v) is 13.6. The summed E-state index contributed by atoms with van der Waals surface area (Å²) in [7, 11) is 0. The highest BCUT2D eigenvalue weighted by molar-refractivity contribution is 5.23. The molecule has 0 bridgehead atoms. The van der Waals surface area contributed by atoms with Crippen molar-refractivity contribution in [3.63, 3.8) is 0 Å². The first-order chi connectivity index (χ1) is 10.9. The molecule has 1 aromatic carbocycles. The molecular formula is C18H28N4. The average Bonchev–Trinajstić information content (AvgIpc) is 2.98. The van der Waals surface area contributed by atoms with Crippen molar-refractivity contribution < 1.29 is 0 Å². The molecule has 1 aromatic heterocycles. The standard InChI is InChI=1S/C18H28N4/c1-2-3-4-5-9-13-19-14-12-17-18(21-22-20-17)15-16-10-7-6-8-11-16/h6-8,10-11,19H,2-5,9,12-15H2,1H3,(H,20,21,22). The van der Waals surface area contributed by atoms with Gasteiger partial charge in [-0.05, 0) is 18.5 Å². The van der Waals surface area contributed by atoms with E-state index < -0.39 is 0 Å². The number of aromatic nitrogens is 3. The SMILES string of the molecule is CCCCCCCNCCc1n[nH]nc1Cc1ccccc1. The molecule has 0 unspecified atom stereocenters. The maximum absolute atomic E-state index is 4.30. The van der Waals surface area contributed by atoms with Crippen LogP contribution < -0.4 is 5.32 Å². The van der Waals surface area contributed by atoms with Gasteiger partial charge in [0, 0.05) is 19.4 Å². The molecule has 0 aliphatic heterocycles. The van der Waals surface area contributed by atoms with Crippen LogP contribution in [0.2, 0.25) is 0 Å². The molecule has 0 aliphatic rings. The van der Waals surface area contributed by atoms with Crippen LogP contribution in [0.5, 0.6) is 0 Å². The van der Waals surface area contributed by atoms with E-state index in [1.165, 1.54) is 37.7 Å². The van der Waals surface area contributed by atoms with Crippen molar-refractivity contribution in [3.05, 3.63) is 47.3 Å². The van der Waals surface area contributed by atoms with Crippen molar-refractivity contribution >= 4 is 0 Å². The highest BCUT2D eigenvalue weighted by Gasteiger charge is 2.08. The first kappa shape index (κ1) is 16.7. The molecule has 120 valence electrons. The van der Waals surface area contributed by atoms with Gasteiger partial charge in [-0.1, -0.05) is 62.9 Å². The second-order valence-corrected chi connectivity index (χ2v) is 5.79. The van der Waals surface area contributed by atoms with Crippen molar-refractivity contribution in [2.75, 3.05) is 13.1 Å². The van der Waals surface area contributed by atoms with E-state index in [9.17, 15) is 0 Å². The number of nitrogens with zero attached hydrogens (tertiary/aromatic N) is 2. The first-order valence-electron chi connectivity index (χ1n) is 8.53. The number of hydrogen-bond acceptors (Lipinski definition) is 3. The molecule has 0 saturated heterocycles. The molecule has 0 aliphatic carbocycles. The quantitative estimate of drug-likeness (QED) is 0.625. The predicted octanol–water partition coefficient (Wildman–Crippen LogP) is 3.50. The van der Waals surface area contributed by atoms with E-state index in [-0.39, 0.29) is 0 Å². The molecule has 0 amide bonds. The van der Waals surface area contributed by atoms with Gasteiger partial charge < -0.3 is 5.32 Å². The number of unbranched alkanes of at least 4 members (excludes halogenated alkanes) is 4. The van der Waals surface area contributed by atoms with Gasteiger partial charge in [-0.25, -0.2) is 0 Å². The molecule has 0 atom stereocenters. The van der Waals surface area contributed by atoms with Crippen LogP contribution in [0.3, 0.4) is 0 Å². The molecule has 2 N–H and O–H groups in total. The minimum Gasteiger partial charge on any atom is -0.316 e. The van der Waals surface area contributed by atoms with Crippen LogP contribution in [0, 0.1) is 0 Å². The summed E-state index contributed by atoms with van der Waals surface area (Å²) >= 11 is 0. The van der Waals surface area contributed by atoms with E-state index in [4.69, 9.17) is 0 Å². The highest BCUT2D eigenvalue weighted by Crippen LogP contribution is 2.10. The van der Waals surface area contributed by atoms with E-state index in [0.717, 1.165) is 37.3 Å². The molecule has 22 heavy (non-hydrogen) atoms. The summed E-state index contributed by atoms with van der Waals surface area (Å²) in [6.07, 6.45) is 8.44. The lowest BCUT2D eigenvalue weighted by atomic mass is 10.1. The Balaban J connectivity index is 1.65. The van der Waals surface area contributed by atoms with Crippen LogP contribution in [0.25, 0.3) is 0 Å². The lowest BCUT2D eigenvalue weighted by Gasteiger charge is -2.04. The van der Waals surface area contributed by atoms with Crippen molar-refractivity contribution in [3.8, 4) is 0 Å². The van der Waals surface area contributed by atoms with E-state index in [0.29, 0.717) is 0 Å². The fourth-order valence-corrected chi connectivity index (χ4v) is 2.59. The largest absolute Gasteiger partial charge is 0.316 e. The van der Waals surface area contributed by atoms with Crippen LogP contribution in [-0.4, -0.2) is 28.5 Å². The Hall–Kier alpha value is -1.68. The summed E-state index contributed by atoms with van der Waals surface area (Å²) in [4.78, 5) is 0. The topological polar surface area (TPSA) is 53.6 Å². The smallest absolute Gasteiger partial charge is 0.0900 e. The minimum atomic E-state index is 0.851. The Morgan fingerprint density at radius 3 is 2.50 bits per heavy atom. The normalized spacial score (nSPS) is 11.0. The zero-order valence-electron chi connectivity index (χ0n) is 13.6. The lowest BCUT2D eigenvalue weighted by molar-refractivity contribution is 0.582. The lowest BCUT2D eigenvalue weighted by Crippen LogP contribution is -2.19. The zero-order chi connectivity index (χ0) is 15.5. The number of aromatic amines is 1. The van der Waals surface area contributed by atoms with Gasteiger partial charge in [0.1, 0.15) is 0 Å². The van der Waals surface area contributed by atoms with Gasteiger partial charge in [0.2, 0.25) is 0 Å². The van der Waals surface area contributed by atoms with Gasteiger partial charge in [-0.15, -0.1) is 0 Å². The van der Waals surface area contributed by atoms with Gasteiger partial charge in [-0.3, -0.25) is 0 Å². The van der Waals surface area contributed by atoms with Gasteiger partial charge >= 0.3 is 0 Å². The fourth-order valence-electron chi connectivity index (χ4n) is 2.59. The molecule has 0 fully saturated rings. The summed E-state index contributed by atoms with van der Waals surface area (Å²) < 4.78 is 0. The summed E-state index contributed by atoms with van der Waals surface area (Å²) in [5.41, 5.74) is 3.43. The Morgan fingerprint density at radius 2 is 1.68 bits per heavy atom. The molecule has 2 aromatic rings. The maximum Gasteiger partial charge on any atom is 0.0900 e. The van der Waals surface area contributed by atoms with Crippen LogP contribution in [-0.2, 0) is 12.8 Å². The van der Waals surface area contributed by atoms with Crippen LogP contribution in [0.4, 0.5) is 0 Å². The van der Waals surface area contributed by atoms with Gasteiger partial charge in [0.15, 0.2) is 0 Å². The Labute approximate surface area is 133 Å². The third-order valence-electron chi connectivity index (χ3n) is 3.91. The van der Waals surface area contributed by atoms with Gasteiger partial charge in [-0.2, -0.15) is 15.4 Å². The molecule has 4 nitrogen and oxygen atoms in total. The number of H-pyrrole nitrogens is 1. The van der Waals surface area contributed by atoms with E-state index in [1.807, 2.05) is 6.07 Å². The van der Waals surface area contributed by atoms with Crippen molar-refractivity contribution in [2.45, 2.75) is 51.9 Å². The van der Waals surface area contributed by atoms with Crippen molar-refractivity contribution in [2.24, 2.45) is 0 Å². The number of rotatable bonds is 11. The summed E-state index contributed by atoms with van der Waals surface area (Å²) in [6.45, 7) is 4.33. The minimum absolute atomic E-state index is 0.851. The second-order valence-electron chi connectivity index (χ2n) is 5.79. The molecular weight excluding hydrogens is 272 g/mol. The van der Waals surface area contributed by atoms with Gasteiger partial charge in [0.05, 0.1) is 11.4 Å². The molecule has 0 spiro atoms. The molecule has 2 rings (SSSR count). The van der Waals surface area contributed by atoms with Gasteiger partial charge in [0.25, 0.3) is 0 Å². The fraction of sp³-hybridized carbons (Fsp3) is 0.556. The Bertz CT molecular complexity index is 507. The van der Waals surface area contributed by atoms with E-state index in [2.05, 4.69) is 51.9 Å². The second kappa shape index (κ2) is 10.1. The highest BCUT2D eigenvalue weighted by atomic mass is 15.3. The Morgan fingerprint density at radius 1 is 0.909 bits per heavy atom. The first-order valence-corrected chi connectivity index (χ1v) is 8.53. The molecule has 0 radical (unpaired) electrons. The summed E-state index contributed by atoms with van der Waals surface area (Å²) in [5, 5.41) is 14.9. The molecule has 4 heteroatoms. The number of hydrogen-bond donors (Lipinski definition) is 2. The molecule has 1 heterocycles. The van der Waals surface area contributed by atoms with E-state index in [1.54, 1.807) is 0 Å². The predicted molar refractivity (Wildman–Crippen MR) is 91.0 cm³/mol. The monoisotopic (exact) mass is 300 g/mol. The van der Waals surface area contributed by atoms with Crippen molar-refractivity contribution in [1.29, 1.82) is 0 Å². The van der Waals surface area contributed by atoms with Crippen molar-refractivity contribution in [1.82, 2.24) is 20.7 Å².